The lowest BCUT2D eigenvalue weighted by Crippen LogP contribution is -2.44. The second-order valence-electron chi connectivity index (χ2n) is 6.14. The van der Waals surface area contributed by atoms with E-state index in [0.29, 0.717) is 12.6 Å². The molecule has 2 aromatic rings. The normalized spacial score (nSPS) is 17.0. The third kappa shape index (κ3) is 5.26. The van der Waals surface area contributed by atoms with Crippen molar-refractivity contribution in [3.05, 3.63) is 41.8 Å². The van der Waals surface area contributed by atoms with E-state index in [9.17, 15) is 0 Å². The second-order valence-corrected chi connectivity index (χ2v) is 6.14. The molecule has 0 spiro atoms. The molecule has 0 radical (unpaired) electrons. The van der Waals surface area contributed by atoms with Crippen LogP contribution in [0.5, 0.6) is 5.75 Å². The van der Waals surface area contributed by atoms with Crippen molar-refractivity contribution in [2.45, 2.75) is 25.9 Å². The van der Waals surface area contributed by atoms with Gasteiger partial charge in [-0.15, -0.1) is 24.0 Å². The van der Waals surface area contributed by atoms with E-state index in [2.05, 4.69) is 37.8 Å². The third-order valence-electron chi connectivity index (χ3n) is 4.28. The second kappa shape index (κ2) is 9.65. The Morgan fingerprint density at radius 3 is 2.96 bits per heavy atom. The Labute approximate surface area is 171 Å². The van der Waals surface area contributed by atoms with Crippen LogP contribution >= 0.6 is 24.0 Å². The molecule has 0 amide bonds. The lowest BCUT2D eigenvalue weighted by Gasteiger charge is -2.20. The molecule has 142 valence electrons. The Hall–Kier alpha value is -1.97. The number of methoxy groups -OCH3 is 1. The Bertz CT molecular complexity index is 734. The molecule has 0 saturated carbocycles. The van der Waals surface area contributed by atoms with Gasteiger partial charge in [0.25, 0.3) is 0 Å². The number of guanidine groups is 1. The van der Waals surface area contributed by atoms with Gasteiger partial charge in [-0.1, -0.05) is 11.2 Å². The van der Waals surface area contributed by atoms with E-state index in [1.165, 1.54) is 5.69 Å². The van der Waals surface area contributed by atoms with Crippen molar-refractivity contribution in [2.24, 2.45) is 4.99 Å². The highest BCUT2D eigenvalue weighted by atomic mass is 127. The van der Waals surface area contributed by atoms with Gasteiger partial charge in [0, 0.05) is 44.0 Å². The molecular formula is C18H26IN5O2. The van der Waals surface area contributed by atoms with E-state index in [-0.39, 0.29) is 24.0 Å². The fraction of sp³-hybridized carbons (Fsp3) is 0.444. The predicted octanol–water partition coefficient (Wildman–Crippen LogP) is 2.55. The van der Waals surface area contributed by atoms with Gasteiger partial charge in [0.15, 0.2) is 11.7 Å². The van der Waals surface area contributed by atoms with Crippen LogP contribution in [0.2, 0.25) is 0 Å². The van der Waals surface area contributed by atoms with Gasteiger partial charge in [-0.2, -0.15) is 0 Å². The van der Waals surface area contributed by atoms with E-state index in [0.717, 1.165) is 42.7 Å². The maximum Gasteiger partial charge on any atom is 0.191 e. The highest BCUT2D eigenvalue weighted by molar-refractivity contribution is 14.0. The number of benzene rings is 1. The van der Waals surface area contributed by atoms with Crippen LogP contribution in [-0.4, -0.2) is 44.4 Å². The van der Waals surface area contributed by atoms with E-state index >= 15 is 0 Å². The van der Waals surface area contributed by atoms with Crippen LogP contribution in [0.4, 0.5) is 5.69 Å². The fourth-order valence-corrected chi connectivity index (χ4v) is 2.98. The predicted molar refractivity (Wildman–Crippen MR) is 114 cm³/mol. The van der Waals surface area contributed by atoms with Crippen molar-refractivity contribution >= 4 is 35.6 Å². The van der Waals surface area contributed by atoms with Gasteiger partial charge in [-0.05, 0) is 25.5 Å². The van der Waals surface area contributed by atoms with Crippen molar-refractivity contribution in [2.75, 3.05) is 32.1 Å². The van der Waals surface area contributed by atoms with Crippen LogP contribution in [0.1, 0.15) is 17.9 Å². The molecule has 2 N–H and O–H groups in total. The van der Waals surface area contributed by atoms with Gasteiger partial charge in [0.1, 0.15) is 5.75 Å². The van der Waals surface area contributed by atoms with E-state index in [1.54, 1.807) is 14.2 Å². The first-order valence-electron chi connectivity index (χ1n) is 8.46. The molecule has 8 heteroatoms. The van der Waals surface area contributed by atoms with Crippen molar-refractivity contribution in [1.29, 1.82) is 0 Å². The van der Waals surface area contributed by atoms with Crippen molar-refractivity contribution in [3.63, 3.8) is 0 Å². The Morgan fingerprint density at radius 2 is 2.27 bits per heavy atom. The van der Waals surface area contributed by atoms with Gasteiger partial charge in [-0.25, -0.2) is 0 Å². The Kier molecular flexibility index (Phi) is 7.55. The first-order valence-corrected chi connectivity index (χ1v) is 8.46. The average Bonchev–Trinajstić information content (AvgIpc) is 3.27. The molecule has 1 saturated heterocycles. The number of anilines is 1. The first-order chi connectivity index (χ1) is 12.2. The van der Waals surface area contributed by atoms with Crippen LogP contribution in [0, 0.1) is 6.92 Å². The maximum atomic E-state index is 5.31. The number of rotatable bonds is 5. The molecular weight excluding hydrogens is 445 g/mol. The van der Waals surface area contributed by atoms with Crippen LogP contribution in [-0.2, 0) is 6.54 Å². The molecule has 26 heavy (non-hydrogen) atoms. The summed E-state index contributed by atoms with van der Waals surface area (Å²) in [6, 6.07) is 10.4. The number of hydrogen-bond donors (Lipinski definition) is 2. The monoisotopic (exact) mass is 471 g/mol. The SMILES string of the molecule is CN=C(NCc1cc(C)no1)NC1CCN(c2cccc(OC)c2)C1.I. The van der Waals surface area contributed by atoms with Gasteiger partial charge in [0.2, 0.25) is 0 Å². The summed E-state index contributed by atoms with van der Waals surface area (Å²) in [6.45, 7) is 4.40. The van der Waals surface area contributed by atoms with Crippen molar-refractivity contribution < 1.29 is 9.26 Å². The van der Waals surface area contributed by atoms with Crippen LogP contribution in [0.15, 0.2) is 39.8 Å². The zero-order valence-corrected chi connectivity index (χ0v) is 17.7. The summed E-state index contributed by atoms with van der Waals surface area (Å²) in [6.07, 6.45) is 1.05. The third-order valence-corrected chi connectivity index (χ3v) is 4.28. The highest BCUT2D eigenvalue weighted by Crippen LogP contribution is 2.24. The smallest absolute Gasteiger partial charge is 0.191 e. The number of hydrogen-bond acceptors (Lipinski definition) is 5. The van der Waals surface area contributed by atoms with E-state index < -0.39 is 0 Å². The quantitative estimate of drug-likeness (QED) is 0.397. The molecule has 1 aliphatic heterocycles. The minimum atomic E-state index is 0. The Balaban J connectivity index is 0.00000243. The molecule has 3 rings (SSSR count). The summed E-state index contributed by atoms with van der Waals surface area (Å²) in [5.41, 5.74) is 2.06. The fourth-order valence-electron chi connectivity index (χ4n) is 2.98. The van der Waals surface area contributed by atoms with Crippen LogP contribution in [0.3, 0.4) is 0 Å². The van der Waals surface area contributed by atoms with Crippen molar-refractivity contribution in [1.82, 2.24) is 15.8 Å². The number of ether oxygens (including phenoxy) is 1. The number of nitrogens with one attached hydrogen (secondary N) is 2. The summed E-state index contributed by atoms with van der Waals surface area (Å²) in [5, 5.41) is 10.6. The lowest BCUT2D eigenvalue weighted by molar-refractivity contribution is 0.376. The summed E-state index contributed by atoms with van der Waals surface area (Å²) in [4.78, 5) is 6.65. The summed E-state index contributed by atoms with van der Waals surface area (Å²) < 4.78 is 10.5. The van der Waals surface area contributed by atoms with E-state index in [4.69, 9.17) is 9.26 Å². The van der Waals surface area contributed by atoms with Gasteiger partial charge < -0.3 is 24.8 Å². The molecule has 0 aliphatic carbocycles. The molecule has 1 unspecified atom stereocenters. The largest absolute Gasteiger partial charge is 0.497 e. The lowest BCUT2D eigenvalue weighted by atomic mass is 10.2. The molecule has 2 heterocycles. The minimum absolute atomic E-state index is 0. The first kappa shape index (κ1) is 20.3. The average molecular weight is 471 g/mol. The topological polar surface area (TPSA) is 74.9 Å². The number of aryl methyl sites for hydroxylation is 1. The van der Waals surface area contributed by atoms with E-state index in [1.807, 2.05) is 25.1 Å². The number of halogens is 1. The molecule has 1 aliphatic rings. The standard InChI is InChI=1S/C18H25N5O2.HI/c1-13-9-17(25-22-13)11-20-18(19-2)21-14-7-8-23(12-14)15-5-4-6-16(10-15)24-3;/h4-6,9-10,14H,7-8,11-12H2,1-3H3,(H2,19,20,21);1H. The van der Waals surface area contributed by atoms with Crippen LogP contribution in [0.25, 0.3) is 0 Å². The Morgan fingerprint density at radius 1 is 1.42 bits per heavy atom. The minimum Gasteiger partial charge on any atom is -0.497 e. The number of aliphatic imine (C=N–C) groups is 1. The van der Waals surface area contributed by atoms with Gasteiger partial charge in [-0.3, -0.25) is 4.99 Å². The van der Waals surface area contributed by atoms with Gasteiger partial charge >= 0.3 is 0 Å². The summed E-state index contributed by atoms with van der Waals surface area (Å²) in [5.74, 6) is 2.45. The molecule has 1 aromatic carbocycles. The molecule has 1 fully saturated rings. The molecule has 1 aromatic heterocycles. The number of nitrogens with zero attached hydrogens (tertiary/aromatic N) is 3. The van der Waals surface area contributed by atoms with Crippen LogP contribution < -0.4 is 20.3 Å². The molecule has 1 atom stereocenters. The zero-order chi connectivity index (χ0) is 17.6. The van der Waals surface area contributed by atoms with Crippen molar-refractivity contribution in [3.8, 4) is 5.75 Å². The molecule has 0 bridgehead atoms. The highest BCUT2D eigenvalue weighted by Gasteiger charge is 2.23. The molecule has 7 nitrogen and oxygen atoms in total. The summed E-state index contributed by atoms with van der Waals surface area (Å²) in [7, 11) is 3.47. The van der Waals surface area contributed by atoms with Gasteiger partial charge in [0.05, 0.1) is 19.3 Å². The number of aromatic nitrogens is 1. The zero-order valence-electron chi connectivity index (χ0n) is 15.4. The maximum absolute atomic E-state index is 5.31. The summed E-state index contributed by atoms with van der Waals surface area (Å²) >= 11 is 0.